The van der Waals surface area contributed by atoms with E-state index in [9.17, 15) is 0 Å². The van der Waals surface area contributed by atoms with Crippen LogP contribution in [0.1, 0.15) is 18.0 Å². The van der Waals surface area contributed by atoms with E-state index in [-0.39, 0.29) is 6.04 Å². The maximum Gasteiger partial charge on any atom is 0.145 e. The normalized spacial score (nSPS) is 12.4. The molecule has 3 nitrogen and oxygen atoms in total. The Morgan fingerprint density at radius 1 is 1.50 bits per heavy atom. The molecule has 84 valence electrons. The molecule has 0 saturated heterocycles. The fourth-order valence-electron chi connectivity index (χ4n) is 1.24. The van der Waals surface area contributed by atoms with Crippen LogP contribution in [0.25, 0.3) is 0 Å². The summed E-state index contributed by atoms with van der Waals surface area (Å²) in [6.45, 7) is 2.03. The van der Waals surface area contributed by atoms with Gasteiger partial charge >= 0.3 is 0 Å². The van der Waals surface area contributed by atoms with Crippen molar-refractivity contribution in [3.63, 3.8) is 0 Å². The van der Waals surface area contributed by atoms with E-state index in [0.29, 0.717) is 10.8 Å². The lowest BCUT2D eigenvalue weighted by Gasteiger charge is -2.12. The van der Waals surface area contributed by atoms with E-state index < -0.39 is 0 Å². The Balaban J connectivity index is 2.15. The summed E-state index contributed by atoms with van der Waals surface area (Å²) in [4.78, 5) is 8.45. The van der Waals surface area contributed by atoms with E-state index in [2.05, 4.69) is 31.2 Å². The van der Waals surface area contributed by atoms with E-state index in [4.69, 9.17) is 11.6 Å². The fourth-order valence-corrected chi connectivity index (χ4v) is 2.57. The Bertz CT molecular complexity index is 475. The van der Waals surface area contributed by atoms with Gasteiger partial charge in [-0.3, -0.25) is 0 Å². The van der Waals surface area contributed by atoms with Gasteiger partial charge in [0.25, 0.3) is 0 Å². The highest BCUT2D eigenvalue weighted by molar-refractivity contribution is 9.10. The molecule has 1 N–H and O–H groups in total. The Labute approximate surface area is 111 Å². The maximum atomic E-state index is 6.06. The Morgan fingerprint density at radius 2 is 2.31 bits per heavy atom. The van der Waals surface area contributed by atoms with Gasteiger partial charge in [-0.15, -0.1) is 11.3 Å². The van der Waals surface area contributed by atoms with Gasteiger partial charge in [0.1, 0.15) is 10.8 Å². The summed E-state index contributed by atoms with van der Waals surface area (Å²) in [5, 5.41) is 6.78. The molecule has 0 aliphatic rings. The molecule has 0 bridgehead atoms. The summed E-state index contributed by atoms with van der Waals surface area (Å²) >= 11 is 11.0. The van der Waals surface area contributed by atoms with Crippen LogP contribution in [-0.4, -0.2) is 9.97 Å². The molecule has 0 radical (unpaired) electrons. The van der Waals surface area contributed by atoms with Crippen LogP contribution in [0.2, 0.25) is 5.02 Å². The van der Waals surface area contributed by atoms with Gasteiger partial charge in [-0.2, -0.15) is 0 Å². The number of pyridine rings is 1. The van der Waals surface area contributed by atoms with E-state index in [0.717, 1.165) is 9.48 Å². The number of hydrogen-bond acceptors (Lipinski definition) is 4. The minimum atomic E-state index is 0.103. The highest BCUT2D eigenvalue weighted by Gasteiger charge is 2.10. The number of halogens is 2. The van der Waals surface area contributed by atoms with Crippen molar-refractivity contribution in [1.29, 1.82) is 0 Å². The van der Waals surface area contributed by atoms with Gasteiger partial charge in [-0.1, -0.05) is 11.6 Å². The molecule has 2 aromatic rings. The molecule has 0 aromatic carbocycles. The molecule has 0 aliphatic carbocycles. The second kappa shape index (κ2) is 5.12. The first kappa shape index (κ1) is 11.8. The third-order valence-electron chi connectivity index (χ3n) is 1.98. The first-order valence-corrected chi connectivity index (χ1v) is 6.69. The van der Waals surface area contributed by atoms with E-state index in [1.165, 1.54) is 0 Å². The second-order valence-electron chi connectivity index (χ2n) is 3.22. The smallest absolute Gasteiger partial charge is 0.145 e. The van der Waals surface area contributed by atoms with Crippen LogP contribution in [0.3, 0.4) is 0 Å². The third-order valence-corrected chi connectivity index (χ3v) is 3.66. The number of nitrogens with one attached hydrogen (secondary N) is 1. The van der Waals surface area contributed by atoms with Crippen molar-refractivity contribution in [1.82, 2.24) is 9.97 Å². The van der Waals surface area contributed by atoms with Crippen molar-refractivity contribution in [2.24, 2.45) is 0 Å². The molecule has 0 saturated carbocycles. The molecular weight excluding hydrogens is 310 g/mol. The highest BCUT2D eigenvalue weighted by Crippen LogP contribution is 2.27. The van der Waals surface area contributed by atoms with Gasteiger partial charge in [-0.25, -0.2) is 9.97 Å². The molecule has 1 unspecified atom stereocenters. The van der Waals surface area contributed by atoms with Crippen LogP contribution in [0.15, 0.2) is 28.3 Å². The molecule has 0 fully saturated rings. The van der Waals surface area contributed by atoms with Crippen molar-refractivity contribution in [2.45, 2.75) is 13.0 Å². The molecule has 1 atom stereocenters. The number of anilines is 1. The van der Waals surface area contributed by atoms with E-state index >= 15 is 0 Å². The first-order chi connectivity index (χ1) is 7.66. The SMILES string of the molecule is CC(Nc1ncc(Br)cc1Cl)c1nccs1. The monoisotopic (exact) mass is 317 g/mol. The lowest BCUT2D eigenvalue weighted by molar-refractivity contribution is 0.860. The number of thiazole rings is 1. The average molecular weight is 319 g/mol. The topological polar surface area (TPSA) is 37.8 Å². The van der Waals surface area contributed by atoms with Crippen LogP contribution in [-0.2, 0) is 0 Å². The number of nitrogens with zero attached hydrogens (tertiary/aromatic N) is 2. The second-order valence-corrected chi connectivity index (χ2v) is 5.47. The maximum absolute atomic E-state index is 6.06. The predicted octanol–water partition coefficient (Wildman–Crippen LogP) is 4.13. The van der Waals surface area contributed by atoms with Crippen LogP contribution in [0.4, 0.5) is 5.82 Å². The molecule has 6 heteroatoms. The van der Waals surface area contributed by atoms with Gasteiger partial charge in [0, 0.05) is 22.2 Å². The summed E-state index contributed by atoms with van der Waals surface area (Å²) in [5.41, 5.74) is 0. The molecular formula is C10H9BrClN3S. The summed E-state index contributed by atoms with van der Waals surface area (Å²) in [6.07, 6.45) is 3.50. The molecule has 16 heavy (non-hydrogen) atoms. The Kier molecular flexibility index (Phi) is 3.78. The highest BCUT2D eigenvalue weighted by atomic mass is 79.9. The summed E-state index contributed by atoms with van der Waals surface area (Å²) < 4.78 is 0.866. The van der Waals surface area contributed by atoms with Crippen molar-refractivity contribution in [3.8, 4) is 0 Å². The van der Waals surface area contributed by atoms with Crippen molar-refractivity contribution >= 4 is 44.7 Å². The molecule has 0 spiro atoms. The largest absolute Gasteiger partial charge is 0.360 e. The van der Waals surface area contributed by atoms with E-state index in [1.54, 1.807) is 23.7 Å². The predicted molar refractivity (Wildman–Crippen MR) is 71.1 cm³/mol. The van der Waals surface area contributed by atoms with Gasteiger partial charge in [0.15, 0.2) is 0 Å². The number of rotatable bonds is 3. The van der Waals surface area contributed by atoms with Gasteiger partial charge < -0.3 is 5.32 Å². The Hall–Kier alpha value is -0.650. The molecule has 0 aliphatic heterocycles. The summed E-state index contributed by atoms with van der Waals surface area (Å²) in [5.74, 6) is 0.674. The fraction of sp³-hybridized carbons (Fsp3) is 0.200. The number of aromatic nitrogens is 2. The zero-order valence-corrected chi connectivity index (χ0v) is 11.6. The van der Waals surface area contributed by atoms with Gasteiger partial charge in [0.05, 0.1) is 11.1 Å². The number of hydrogen-bond donors (Lipinski definition) is 1. The van der Waals surface area contributed by atoms with Crippen molar-refractivity contribution in [2.75, 3.05) is 5.32 Å². The average Bonchev–Trinajstić information content (AvgIpc) is 2.75. The third kappa shape index (κ3) is 2.72. The van der Waals surface area contributed by atoms with Crippen molar-refractivity contribution < 1.29 is 0 Å². The van der Waals surface area contributed by atoms with Crippen molar-refractivity contribution in [3.05, 3.63) is 38.3 Å². The van der Waals surface area contributed by atoms with Crippen LogP contribution in [0, 0.1) is 0 Å². The standard InChI is InChI=1S/C10H9BrClN3S/c1-6(10-13-2-3-16-10)15-9-8(12)4-7(11)5-14-9/h2-6H,1H3,(H,14,15). The van der Waals surface area contributed by atoms with Crippen LogP contribution >= 0.6 is 38.9 Å². The molecule has 0 amide bonds. The van der Waals surface area contributed by atoms with Gasteiger partial charge in [-0.05, 0) is 28.9 Å². The Morgan fingerprint density at radius 3 is 2.94 bits per heavy atom. The van der Waals surface area contributed by atoms with Gasteiger partial charge in [0.2, 0.25) is 0 Å². The molecule has 2 rings (SSSR count). The van der Waals surface area contributed by atoms with Crippen LogP contribution < -0.4 is 5.32 Å². The van der Waals surface area contributed by atoms with E-state index in [1.807, 2.05) is 18.4 Å². The summed E-state index contributed by atoms with van der Waals surface area (Å²) in [6, 6.07) is 1.91. The lowest BCUT2D eigenvalue weighted by Crippen LogP contribution is -2.07. The molecule has 2 aromatic heterocycles. The minimum Gasteiger partial charge on any atom is -0.360 e. The zero-order valence-electron chi connectivity index (χ0n) is 8.45. The first-order valence-electron chi connectivity index (χ1n) is 4.64. The summed E-state index contributed by atoms with van der Waals surface area (Å²) in [7, 11) is 0. The molecule has 2 heterocycles. The lowest BCUT2D eigenvalue weighted by atomic mass is 10.3. The quantitative estimate of drug-likeness (QED) is 0.924. The minimum absolute atomic E-state index is 0.103. The zero-order chi connectivity index (χ0) is 11.5. The van der Waals surface area contributed by atoms with Crippen LogP contribution in [0.5, 0.6) is 0 Å².